The van der Waals surface area contributed by atoms with Crippen molar-refractivity contribution in [3.63, 3.8) is 0 Å². The molecule has 3 heteroatoms. The van der Waals surface area contributed by atoms with Gasteiger partial charge in [-0.05, 0) is 37.9 Å². The Labute approximate surface area is 96.8 Å². The quantitative estimate of drug-likeness (QED) is 0.836. The highest BCUT2D eigenvalue weighted by Gasteiger charge is 2.36. The van der Waals surface area contributed by atoms with Crippen molar-refractivity contribution in [1.29, 1.82) is 0 Å². The molecule has 1 N–H and O–H groups in total. The average Bonchev–Trinajstić information content (AvgIpc) is 2.95. The first-order valence-corrected chi connectivity index (χ1v) is 6.43. The van der Waals surface area contributed by atoms with E-state index in [0.29, 0.717) is 0 Å². The minimum Gasteiger partial charge on any atom is -0.469 e. The first kappa shape index (κ1) is 10.4. The molecule has 0 spiro atoms. The van der Waals surface area contributed by atoms with E-state index in [1.54, 1.807) is 6.26 Å². The summed E-state index contributed by atoms with van der Waals surface area (Å²) in [4.78, 5) is 2.64. The summed E-state index contributed by atoms with van der Waals surface area (Å²) in [5.74, 6) is 1.09. The van der Waals surface area contributed by atoms with Gasteiger partial charge in [-0.1, -0.05) is 0 Å². The third-order valence-electron chi connectivity index (χ3n) is 3.96. The van der Waals surface area contributed by atoms with Crippen molar-refractivity contribution >= 4 is 0 Å². The number of hydrogen-bond acceptors (Lipinski definition) is 3. The molecule has 0 bridgehead atoms. The minimum absolute atomic E-state index is 0.720. The minimum atomic E-state index is 0.720. The van der Waals surface area contributed by atoms with Crippen LogP contribution in [0.4, 0.5) is 0 Å². The molecule has 2 unspecified atom stereocenters. The van der Waals surface area contributed by atoms with Gasteiger partial charge in [0.05, 0.1) is 6.26 Å². The van der Waals surface area contributed by atoms with E-state index in [2.05, 4.69) is 16.3 Å². The van der Waals surface area contributed by atoms with Crippen LogP contribution in [0.15, 0.2) is 22.8 Å². The van der Waals surface area contributed by atoms with Crippen molar-refractivity contribution < 1.29 is 4.42 Å². The predicted molar refractivity (Wildman–Crippen MR) is 63.4 cm³/mol. The first-order chi connectivity index (χ1) is 7.93. The molecule has 0 aliphatic carbocycles. The standard InChI is InChI=1S/C13H20N2O/c1-4-13-12(6-9-15(13)8-1)14-7-5-11-3-2-10-16-11/h2-3,10,12-14H,1,4-9H2. The molecule has 2 fully saturated rings. The Morgan fingerprint density at radius 2 is 2.38 bits per heavy atom. The summed E-state index contributed by atoms with van der Waals surface area (Å²) in [6, 6.07) is 5.55. The lowest BCUT2D eigenvalue weighted by Crippen LogP contribution is -2.39. The Morgan fingerprint density at radius 1 is 1.38 bits per heavy atom. The van der Waals surface area contributed by atoms with Crippen molar-refractivity contribution in [3.8, 4) is 0 Å². The molecule has 0 saturated carbocycles. The van der Waals surface area contributed by atoms with Crippen LogP contribution in [0.1, 0.15) is 25.0 Å². The molecule has 0 aromatic carbocycles. The maximum atomic E-state index is 5.33. The van der Waals surface area contributed by atoms with Gasteiger partial charge >= 0.3 is 0 Å². The molecule has 16 heavy (non-hydrogen) atoms. The van der Waals surface area contributed by atoms with E-state index in [0.717, 1.165) is 30.8 Å². The molecule has 1 aromatic rings. The van der Waals surface area contributed by atoms with E-state index in [9.17, 15) is 0 Å². The molecule has 2 atom stereocenters. The molecule has 2 aliphatic heterocycles. The summed E-state index contributed by atoms with van der Waals surface area (Å²) in [6.07, 6.45) is 6.86. The van der Waals surface area contributed by atoms with Gasteiger partial charge in [0, 0.05) is 31.6 Å². The van der Waals surface area contributed by atoms with Gasteiger partial charge in [0.2, 0.25) is 0 Å². The van der Waals surface area contributed by atoms with E-state index in [1.807, 2.05) is 6.07 Å². The normalized spacial score (nSPS) is 29.8. The molecule has 3 nitrogen and oxygen atoms in total. The smallest absolute Gasteiger partial charge is 0.105 e. The van der Waals surface area contributed by atoms with Crippen LogP contribution in [0.3, 0.4) is 0 Å². The highest BCUT2D eigenvalue weighted by atomic mass is 16.3. The third kappa shape index (κ3) is 2.02. The molecule has 0 amide bonds. The fourth-order valence-corrected chi connectivity index (χ4v) is 3.16. The molecule has 1 aromatic heterocycles. The lowest BCUT2D eigenvalue weighted by molar-refractivity contribution is 0.299. The Balaban J connectivity index is 1.45. The van der Waals surface area contributed by atoms with E-state index < -0.39 is 0 Å². The summed E-state index contributed by atoms with van der Waals surface area (Å²) < 4.78 is 5.33. The summed E-state index contributed by atoms with van der Waals surface area (Å²) >= 11 is 0. The van der Waals surface area contributed by atoms with Gasteiger partial charge < -0.3 is 9.73 Å². The number of nitrogens with zero attached hydrogens (tertiary/aromatic N) is 1. The van der Waals surface area contributed by atoms with Crippen molar-refractivity contribution in [2.24, 2.45) is 0 Å². The number of furan rings is 1. The maximum Gasteiger partial charge on any atom is 0.105 e. The van der Waals surface area contributed by atoms with E-state index in [1.165, 1.54) is 32.4 Å². The van der Waals surface area contributed by atoms with Crippen molar-refractivity contribution in [1.82, 2.24) is 10.2 Å². The first-order valence-electron chi connectivity index (χ1n) is 6.43. The molecule has 2 aliphatic rings. The lowest BCUT2D eigenvalue weighted by atomic mass is 10.1. The number of nitrogens with one attached hydrogen (secondary N) is 1. The monoisotopic (exact) mass is 220 g/mol. The second kappa shape index (κ2) is 4.60. The molecule has 3 rings (SSSR count). The largest absolute Gasteiger partial charge is 0.469 e. The highest BCUT2D eigenvalue weighted by Crippen LogP contribution is 2.27. The van der Waals surface area contributed by atoms with Crippen LogP contribution in [-0.2, 0) is 6.42 Å². The third-order valence-corrected chi connectivity index (χ3v) is 3.96. The zero-order valence-corrected chi connectivity index (χ0v) is 9.69. The van der Waals surface area contributed by atoms with E-state index in [4.69, 9.17) is 4.42 Å². The summed E-state index contributed by atoms with van der Waals surface area (Å²) in [6.45, 7) is 3.66. The van der Waals surface area contributed by atoms with Gasteiger partial charge in [0.1, 0.15) is 5.76 Å². The van der Waals surface area contributed by atoms with Gasteiger partial charge in [-0.15, -0.1) is 0 Å². The van der Waals surface area contributed by atoms with Gasteiger partial charge in [-0.2, -0.15) is 0 Å². The Morgan fingerprint density at radius 3 is 3.25 bits per heavy atom. The van der Waals surface area contributed by atoms with Gasteiger partial charge in [-0.3, -0.25) is 4.90 Å². The van der Waals surface area contributed by atoms with Crippen LogP contribution in [0, 0.1) is 0 Å². The number of fused-ring (bicyclic) bond motifs is 1. The molecular formula is C13H20N2O. The number of hydrogen-bond donors (Lipinski definition) is 1. The lowest BCUT2D eigenvalue weighted by Gasteiger charge is -2.21. The summed E-state index contributed by atoms with van der Waals surface area (Å²) in [5.41, 5.74) is 0. The van der Waals surface area contributed by atoms with Crippen LogP contribution in [0.5, 0.6) is 0 Å². The fraction of sp³-hybridized carbons (Fsp3) is 0.692. The van der Waals surface area contributed by atoms with E-state index in [-0.39, 0.29) is 0 Å². The van der Waals surface area contributed by atoms with Gasteiger partial charge in [0.15, 0.2) is 0 Å². The van der Waals surface area contributed by atoms with Crippen molar-refractivity contribution in [2.75, 3.05) is 19.6 Å². The zero-order chi connectivity index (χ0) is 10.8. The van der Waals surface area contributed by atoms with Crippen molar-refractivity contribution in [2.45, 2.75) is 37.8 Å². The second-order valence-electron chi connectivity index (χ2n) is 4.92. The SMILES string of the molecule is c1coc(CCNC2CCN3CCCC23)c1. The van der Waals surface area contributed by atoms with Crippen LogP contribution >= 0.6 is 0 Å². The van der Waals surface area contributed by atoms with Crippen LogP contribution in [-0.4, -0.2) is 36.6 Å². The van der Waals surface area contributed by atoms with Crippen molar-refractivity contribution in [3.05, 3.63) is 24.2 Å². The number of rotatable bonds is 4. The topological polar surface area (TPSA) is 28.4 Å². The fourth-order valence-electron chi connectivity index (χ4n) is 3.16. The molecule has 0 radical (unpaired) electrons. The molecule has 3 heterocycles. The van der Waals surface area contributed by atoms with Gasteiger partial charge in [-0.25, -0.2) is 0 Å². The van der Waals surface area contributed by atoms with Crippen LogP contribution < -0.4 is 5.32 Å². The Hall–Kier alpha value is -0.800. The predicted octanol–water partition coefficient (Wildman–Crippen LogP) is 1.65. The second-order valence-corrected chi connectivity index (χ2v) is 4.92. The Bertz CT molecular complexity index is 323. The summed E-state index contributed by atoms with van der Waals surface area (Å²) in [5, 5.41) is 3.69. The molecule has 88 valence electrons. The van der Waals surface area contributed by atoms with Gasteiger partial charge in [0.25, 0.3) is 0 Å². The van der Waals surface area contributed by atoms with E-state index >= 15 is 0 Å². The zero-order valence-electron chi connectivity index (χ0n) is 9.69. The molecule has 2 saturated heterocycles. The highest BCUT2D eigenvalue weighted by molar-refractivity contribution is 5.00. The van der Waals surface area contributed by atoms with Crippen LogP contribution in [0.25, 0.3) is 0 Å². The Kier molecular flexibility index (Phi) is 2.98. The average molecular weight is 220 g/mol. The van der Waals surface area contributed by atoms with Crippen LogP contribution in [0.2, 0.25) is 0 Å². The summed E-state index contributed by atoms with van der Waals surface area (Å²) in [7, 11) is 0. The maximum absolute atomic E-state index is 5.33. The molecular weight excluding hydrogens is 200 g/mol.